The molecule has 4 aromatic rings. The standard InChI is InChI=1S/C28H24N2O/c1-19-4-8-23(9-5-19)27(24-10-6-20(2)7-11-24)16-26-17-30-28(18-29-26)25-14-12-22(13-15-25)21(3)31/h4-18H,1-3H3. The molecule has 1 aromatic heterocycles. The maximum absolute atomic E-state index is 11.5. The van der Waals surface area contributed by atoms with Crippen LogP contribution in [0.15, 0.2) is 85.2 Å². The van der Waals surface area contributed by atoms with E-state index in [1.807, 2.05) is 24.3 Å². The van der Waals surface area contributed by atoms with E-state index in [2.05, 4.69) is 78.4 Å². The number of rotatable bonds is 5. The van der Waals surface area contributed by atoms with Crippen molar-refractivity contribution in [3.05, 3.63) is 119 Å². The molecule has 31 heavy (non-hydrogen) atoms. The summed E-state index contributed by atoms with van der Waals surface area (Å²) in [4.78, 5) is 20.7. The van der Waals surface area contributed by atoms with Crippen LogP contribution < -0.4 is 0 Å². The zero-order valence-electron chi connectivity index (χ0n) is 18.0. The van der Waals surface area contributed by atoms with Crippen LogP contribution in [0.25, 0.3) is 22.9 Å². The monoisotopic (exact) mass is 404 g/mol. The molecule has 3 aromatic carbocycles. The molecular formula is C28H24N2O. The van der Waals surface area contributed by atoms with Gasteiger partial charge >= 0.3 is 0 Å². The van der Waals surface area contributed by atoms with E-state index in [4.69, 9.17) is 0 Å². The number of carbonyl (C=O) groups excluding carboxylic acids is 1. The Balaban J connectivity index is 1.69. The number of hydrogen-bond acceptors (Lipinski definition) is 3. The molecule has 0 aliphatic heterocycles. The number of aryl methyl sites for hydroxylation is 2. The van der Waals surface area contributed by atoms with E-state index in [0.29, 0.717) is 5.56 Å². The zero-order valence-corrected chi connectivity index (χ0v) is 18.0. The largest absolute Gasteiger partial charge is 0.295 e. The van der Waals surface area contributed by atoms with Crippen molar-refractivity contribution in [2.24, 2.45) is 0 Å². The molecule has 0 fully saturated rings. The first-order chi connectivity index (χ1) is 15.0. The Morgan fingerprint density at radius 3 is 1.65 bits per heavy atom. The van der Waals surface area contributed by atoms with E-state index >= 15 is 0 Å². The van der Waals surface area contributed by atoms with Gasteiger partial charge in [0, 0.05) is 11.1 Å². The van der Waals surface area contributed by atoms with Gasteiger partial charge in [0.05, 0.1) is 23.8 Å². The third-order valence-electron chi connectivity index (χ3n) is 5.28. The molecule has 3 heteroatoms. The predicted molar refractivity (Wildman–Crippen MR) is 127 cm³/mol. The maximum Gasteiger partial charge on any atom is 0.159 e. The number of hydrogen-bond donors (Lipinski definition) is 0. The van der Waals surface area contributed by atoms with Crippen LogP contribution in [0.4, 0.5) is 0 Å². The van der Waals surface area contributed by atoms with E-state index in [9.17, 15) is 4.79 Å². The molecule has 0 saturated carbocycles. The molecule has 0 atom stereocenters. The number of aromatic nitrogens is 2. The van der Waals surface area contributed by atoms with Crippen LogP contribution in [0.5, 0.6) is 0 Å². The Kier molecular flexibility index (Phi) is 5.85. The van der Waals surface area contributed by atoms with Gasteiger partial charge in [-0.1, -0.05) is 83.9 Å². The van der Waals surface area contributed by atoms with Gasteiger partial charge in [-0.3, -0.25) is 14.8 Å². The van der Waals surface area contributed by atoms with Gasteiger partial charge in [-0.05, 0) is 43.5 Å². The summed E-state index contributed by atoms with van der Waals surface area (Å²) in [5, 5.41) is 0. The molecule has 1 heterocycles. The van der Waals surface area contributed by atoms with Crippen LogP contribution in [0.1, 0.15) is 45.2 Å². The summed E-state index contributed by atoms with van der Waals surface area (Å²) < 4.78 is 0. The van der Waals surface area contributed by atoms with Crippen LogP contribution in [0, 0.1) is 13.8 Å². The quantitative estimate of drug-likeness (QED) is 0.354. The second-order valence-corrected chi connectivity index (χ2v) is 7.75. The first-order valence-corrected chi connectivity index (χ1v) is 10.3. The van der Waals surface area contributed by atoms with Crippen molar-refractivity contribution >= 4 is 17.4 Å². The van der Waals surface area contributed by atoms with Crippen molar-refractivity contribution < 1.29 is 4.79 Å². The van der Waals surface area contributed by atoms with Crippen molar-refractivity contribution in [2.45, 2.75) is 20.8 Å². The van der Waals surface area contributed by atoms with Gasteiger partial charge < -0.3 is 0 Å². The molecule has 3 nitrogen and oxygen atoms in total. The minimum absolute atomic E-state index is 0.0536. The molecule has 152 valence electrons. The lowest BCUT2D eigenvalue weighted by Gasteiger charge is -2.10. The fourth-order valence-corrected chi connectivity index (χ4v) is 3.38. The maximum atomic E-state index is 11.5. The van der Waals surface area contributed by atoms with Crippen molar-refractivity contribution in [3.63, 3.8) is 0 Å². The van der Waals surface area contributed by atoms with E-state index in [0.717, 1.165) is 33.7 Å². The van der Waals surface area contributed by atoms with Gasteiger partial charge in [-0.25, -0.2) is 0 Å². The number of carbonyl (C=O) groups is 1. The van der Waals surface area contributed by atoms with Crippen molar-refractivity contribution in [3.8, 4) is 11.3 Å². The molecule has 0 aliphatic rings. The Bertz CT molecular complexity index is 1170. The van der Waals surface area contributed by atoms with Crippen LogP contribution in [-0.2, 0) is 0 Å². The van der Waals surface area contributed by atoms with Crippen molar-refractivity contribution in [2.75, 3.05) is 0 Å². The predicted octanol–water partition coefficient (Wildman–Crippen LogP) is 6.55. The topological polar surface area (TPSA) is 42.9 Å². The summed E-state index contributed by atoms with van der Waals surface area (Å²) >= 11 is 0. The van der Waals surface area contributed by atoms with Gasteiger partial charge in [0.1, 0.15) is 0 Å². The van der Waals surface area contributed by atoms with E-state index in [-0.39, 0.29) is 5.78 Å². The van der Waals surface area contributed by atoms with Crippen LogP contribution >= 0.6 is 0 Å². The fraction of sp³-hybridized carbons (Fsp3) is 0.107. The summed E-state index contributed by atoms with van der Waals surface area (Å²) in [6.45, 7) is 5.74. The Labute approximate surface area is 183 Å². The van der Waals surface area contributed by atoms with Gasteiger partial charge in [-0.2, -0.15) is 0 Å². The summed E-state index contributed by atoms with van der Waals surface area (Å²) in [5.41, 5.74) is 9.04. The highest BCUT2D eigenvalue weighted by atomic mass is 16.1. The number of Topliss-reactive ketones (excluding diaryl/α,β-unsaturated/α-hetero) is 1. The summed E-state index contributed by atoms with van der Waals surface area (Å²) in [7, 11) is 0. The zero-order chi connectivity index (χ0) is 21.8. The first-order valence-electron chi connectivity index (χ1n) is 10.3. The van der Waals surface area contributed by atoms with Gasteiger partial charge in [0.15, 0.2) is 5.78 Å². The normalized spacial score (nSPS) is 10.5. The number of ketones is 1. The molecule has 0 spiro atoms. The Morgan fingerprint density at radius 1 is 0.677 bits per heavy atom. The first kappa shape index (κ1) is 20.4. The average Bonchev–Trinajstić information content (AvgIpc) is 2.79. The molecule has 0 radical (unpaired) electrons. The second-order valence-electron chi connectivity index (χ2n) is 7.75. The third kappa shape index (κ3) is 4.84. The second kappa shape index (κ2) is 8.88. The lowest BCUT2D eigenvalue weighted by atomic mass is 9.95. The molecule has 0 N–H and O–H groups in total. The number of benzene rings is 3. The fourth-order valence-electron chi connectivity index (χ4n) is 3.38. The minimum Gasteiger partial charge on any atom is -0.295 e. The van der Waals surface area contributed by atoms with Crippen molar-refractivity contribution in [1.29, 1.82) is 0 Å². The SMILES string of the molecule is CC(=O)c1ccc(-c2cnc(C=C(c3ccc(C)cc3)c3ccc(C)cc3)cn2)cc1. The lowest BCUT2D eigenvalue weighted by Crippen LogP contribution is -1.94. The molecule has 0 saturated heterocycles. The summed E-state index contributed by atoms with van der Waals surface area (Å²) in [6.07, 6.45) is 5.64. The van der Waals surface area contributed by atoms with Crippen LogP contribution in [-0.4, -0.2) is 15.8 Å². The lowest BCUT2D eigenvalue weighted by molar-refractivity contribution is 0.101. The van der Waals surface area contributed by atoms with Crippen molar-refractivity contribution in [1.82, 2.24) is 9.97 Å². The summed E-state index contributed by atoms with van der Waals surface area (Å²) in [5.74, 6) is 0.0536. The van der Waals surface area contributed by atoms with E-state index < -0.39 is 0 Å². The minimum atomic E-state index is 0.0536. The highest BCUT2D eigenvalue weighted by Gasteiger charge is 2.08. The molecule has 0 bridgehead atoms. The molecular weight excluding hydrogens is 380 g/mol. The van der Waals surface area contributed by atoms with Gasteiger partial charge in [0.2, 0.25) is 0 Å². The average molecular weight is 405 g/mol. The van der Waals surface area contributed by atoms with E-state index in [1.54, 1.807) is 19.3 Å². The van der Waals surface area contributed by atoms with E-state index in [1.165, 1.54) is 11.1 Å². The highest BCUT2D eigenvalue weighted by molar-refractivity contribution is 5.94. The highest BCUT2D eigenvalue weighted by Crippen LogP contribution is 2.27. The van der Waals surface area contributed by atoms with Gasteiger partial charge in [0.25, 0.3) is 0 Å². The van der Waals surface area contributed by atoms with Crippen LogP contribution in [0.3, 0.4) is 0 Å². The molecule has 0 aliphatic carbocycles. The Morgan fingerprint density at radius 2 is 1.19 bits per heavy atom. The summed E-state index contributed by atoms with van der Waals surface area (Å²) in [6, 6.07) is 24.5. The Hall–Kier alpha value is -3.85. The molecule has 0 unspecified atom stereocenters. The third-order valence-corrected chi connectivity index (χ3v) is 5.28. The van der Waals surface area contributed by atoms with Crippen LogP contribution in [0.2, 0.25) is 0 Å². The molecule has 0 amide bonds. The smallest absolute Gasteiger partial charge is 0.159 e. The molecule has 4 rings (SSSR count). The van der Waals surface area contributed by atoms with Gasteiger partial charge in [-0.15, -0.1) is 0 Å². The number of nitrogens with zero attached hydrogens (tertiary/aromatic N) is 2.